The summed E-state index contributed by atoms with van der Waals surface area (Å²) in [5.41, 5.74) is 3.26. The third kappa shape index (κ3) is 4.20. The summed E-state index contributed by atoms with van der Waals surface area (Å²) in [6.45, 7) is 5.87. The Kier molecular flexibility index (Phi) is 4.81. The third-order valence-electron chi connectivity index (χ3n) is 3.13. The summed E-state index contributed by atoms with van der Waals surface area (Å²) in [6.07, 6.45) is 1.50. The fourth-order valence-electron chi connectivity index (χ4n) is 1.96. The van der Waals surface area contributed by atoms with Crippen LogP contribution in [0.2, 0.25) is 5.02 Å². The van der Waals surface area contributed by atoms with Gasteiger partial charge in [-0.25, -0.2) is 4.98 Å². The van der Waals surface area contributed by atoms with E-state index in [0.717, 1.165) is 11.3 Å². The number of hydrogen-bond acceptors (Lipinski definition) is 3. The Labute approximate surface area is 129 Å². The van der Waals surface area contributed by atoms with E-state index in [-0.39, 0.29) is 11.9 Å². The molecule has 0 aliphatic carbocycles. The van der Waals surface area contributed by atoms with Crippen LogP contribution >= 0.6 is 11.6 Å². The van der Waals surface area contributed by atoms with Crippen LogP contribution in [0.5, 0.6) is 0 Å². The molecule has 0 fully saturated rings. The molecular formula is C16H18ClN3O. The highest BCUT2D eigenvalue weighted by atomic mass is 35.5. The number of carbonyl (C=O) groups excluding carboxylic acids is 1. The number of anilines is 2. The van der Waals surface area contributed by atoms with Crippen molar-refractivity contribution in [1.29, 1.82) is 0 Å². The minimum absolute atomic E-state index is 0.148. The molecule has 0 unspecified atom stereocenters. The smallest absolute Gasteiger partial charge is 0.247 e. The van der Waals surface area contributed by atoms with E-state index in [1.807, 2.05) is 32.9 Å². The molecular weight excluding hydrogens is 286 g/mol. The van der Waals surface area contributed by atoms with Gasteiger partial charge in [-0.3, -0.25) is 4.79 Å². The number of carbonyl (C=O) groups is 1. The number of amides is 1. The van der Waals surface area contributed by atoms with Crippen molar-refractivity contribution in [3.8, 4) is 0 Å². The van der Waals surface area contributed by atoms with Crippen LogP contribution < -0.4 is 10.6 Å². The number of aromatic nitrogens is 1. The Balaban J connectivity index is 2.00. The first-order valence-corrected chi connectivity index (χ1v) is 7.09. The van der Waals surface area contributed by atoms with Crippen LogP contribution in [0.25, 0.3) is 0 Å². The lowest BCUT2D eigenvalue weighted by molar-refractivity contribution is -0.116. The molecule has 1 heterocycles. The standard InChI is InChI=1S/C16H18ClN3O/c1-10-4-6-14(11(2)8-10)19-12(3)16(21)20-15-7-5-13(17)9-18-15/h4-9,12,19H,1-3H3,(H,18,20,21)/t12-/m1/s1. The minimum atomic E-state index is -0.371. The molecule has 0 bridgehead atoms. The predicted octanol–water partition coefficient (Wildman–Crippen LogP) is 3.79. The number of pyridine rings is 1. The highest BCUT2D eigenvalue weighted by Crippen LogP contribution is 2.17. The first-order valence-electron chi connectivity index (χ1n) is 6.72. The Bertz CT molecular complexity index is 640. The van der Waals surface area contributed by atoms with Gasteiger partial charge in [0.2, 0.25) is 5.91 Å². The quantitative estimate of drug-likeness (QED) is 0.903. The first-order chi connectivity index (χ1) is 9.95. The van der Waals surface area contributed by atoms with E-state index in [0.29, 0.717) is 10.8 Å². The molecule has 4 nitrogen and oxygen atoms in total. The monoisotopic (exact) mass is 303 g/mol. The maximum absolute atomic E-state index is 12.1. The van der Waals surface area contributed by atoms with E-state index in [1.165, 1.54) is 11.8 Å². The van der Waals surface area contributed by atoms with Gasteiger partial charge in [0.15, 0.2) is 0 Å². The number of hydrogen-bond donors (Lipinski definition) is 2. The molecule has 0 aliphatic heterocycles. The molecule has 2 N–H and O–H groups in total. The van der Waals surface area contributed by atoms with Crippen molar-refractivity contribution in [2.45, 2.75) is 26.8 Å². The molecule has 0 radical (unpaired) electrons. The summed E-state index contributed by atoms with van der Waals surface area (Å²) in [7, 11) is 0. The van der Waals surface area contributed by atoms with Gasteiger partial charge in [0.1, 0.15) is 11.9 Å². The number of benzene rings is 1. The predicted molar refractivity (Wildman–Crippen MR) is 86.9 cm³/mol. The zero-order valence-electron chi connectivity index (χ0n) is 12.3. The molecule has 5 heteroatoms. The maximum atomic E-state index is 12.1. The number of halogens is 1. The van der Waals surface area contributed by atoms with E-state index in [9.17, 15) is 4.79 Å². The van der Waals surface area contributed by atoms with Gasteiger partial charge in [-0.15, -0.1) is 0 Å². The Morgan fingerprint density at radius 3 is 2.62 bits per heavy atom. The second-order valence-corrected chi connectivity index (χ2v) is 5.47. The second kappa shape index (κ2) is 6.59. The topological polar surface area (TPSA) is 54.0 Å². The highest BCUT2D eigenvalue weighted by Gasteiger charge is 2.14. The minimum Gasteiger partial charge on any atom is -0.374 e. The van der Waals surface area contributed by atoms with Gasteiger partial charge in [-0.2, -0.15) is 0 Å². The van der Waals surface area contributed by atoms with Gasteiger partial charge in [0.05, 0.1) is 5.02 Å². The molecule has 2 rings (SSSR count). The summed E-state index contributed by atoms with van der Waals surface area (Å²) in [5.74, 6) is 0.337. The van der Waals surface area contributed by atoms with Crippen molar-refractivity contribution in [1.82, 2.24) is 4.98 Å². The van der Waals surface area contributed by atoms with Gasteiger partial charge in [-0.1, -0.05) is 29.3 Å². The normalized spacial score (nSPS) is 11.8. The van der Waals surface area contributed by atoms with Gasteiger partial charge in [0.25, 0.3) is 0 Å². The van der Waals surface area contributed by atoms with Crippen LogP contribution in [-0.4, -0.2) is 16.9 Å². The molecule has 0 aliphatic rings. The number of aryl methyl sites for hydroxylation is 2. The van der Waals surface area contributed by atoms with E-state index >= 15 is 0 Å². The molecule has 1 amide bonds. The van der Waals surface area contributed by atoms with E-state index in [4.69, 9.17) is 11.6 Å². The molecule has 110 valence electrons. The molecule has 1 aromatic carbocycles. The Morgan fingerprint density at radius 1 is 1.24 bits per heavy atom. The summed E-state index contributed by atoms with van der Waals surface area (Å²) < 4.78 is 0. The van der Waals surface area contributed by atoms with Crippen LogP contribution in [-0.2, 0) is 4.79 Å². The molecule has 21 heavy (non-hydrogen) atoms. The Morgan fingerprint density at radius 2 is 2.00 bits per heavy atom. The van der Waals surface area contributed by atoms with Crippen LogP contribution in [0.1, 0.15) is 18.1 Å². The highest BCUT2D eigenvalue weighted by molar-refractivity contribution is 6.30. The number of nitrogens with one attached hydrogen (secondary N) is 2. The van der Waals surface area contributed by atoms with Gasteiger partial charge >= 0.3 is 0 Å². The van der Waals surface area contributed by atoms with Gasteiger partial charge < -0.3 is 10.6 Å². The molecule has 1 atom stereocenters. The largest absolute Gasteiger partial charge is 0.374 e. The van der Waals surface area contributed by atoms with Crippen LogP contribution in [0.4, 0.5) is 11.5 Å². The summed E-state index contributed by atoms with van der Waals surface area (Å²) in [4.78, 5) is 16.2. The number of rotatable bonds is 4. The van der Waals surface area contributed by atoms with Crippen LogP contribution in [0.15, 0.2) is 36.5 Å². The molecule has 0 spiro atoms. The van der Waals surface area contributed by atoms with Crippen molar-refractivity contribution in [2.75, 3.05) is 10.6 Å². The Hall–Kier alpha value is -2.07. The van der Waals surface area contributed by atoms with Crippen molar-refractivity contribution < 1.29 is 4.79 Å². The molecule has 1 aromatic heterocycles. The first kappa shape index (κ1) is 15.3. The van der Waals surface area contributed by atoms with Gasteiger partial charge in [-0.05, 0) is 44.5 Å². The number of nitrogens with zero attached hydrogens (tertiary/aromatic N) is 1. The lowest BCUT2D eigenvalue weighted by Crippen LogP contribution is -2.32. The summed E-state index contributed by atoms with van der Waals surface area (Å²) >= 11 is 5.76. The van der Waals surface area contributed by atoms with Crippen LogP contribution in [0, 0.1) is 13.8 Å². The van der Waals surface area contributed by atoms with E-state index in [2.05, 4.69) is 21.7 Å². The SMILES string of the molecule is Cc1ccc(N[C@H](C)C(=O)Nc2ccc(Cl)cn2)c(C)c1. The average Bonchev–Trinajstić information content (AvgIpc) is 2.44. The van der Waals surface area contributed by atoms with E-state index < -0.39 is 0 Å². The molecule has 0 saturated heterocycles. The maximum Gasteiger partial charge on any atom is 0.247 e. The fraction of sp³-hybridized carbons (Fsp3) is 0.250. The fourth-order valence-corrected chi connectivity index (χ4v) is 2.07. The lowest BCUT2D eigenvalue weighted by Gasteiger charge is -2.17. The average molecular weight is 304 g/mol. The second-order valence-electron chi connectivity index (χ2n) is 5.04. The summed E-state index contributed by atoms with van der Waals surface area (Å²) in [6, 6.07) is 9.06. The summed E-state index contributed by atoms with van der Waals surface area (Å²) in [5, 5.41) is 6.49. The van der Waals surface area contributed by atoms with Crippen molar-refractivity contribution >= 4 is 29.0 Å². The third-order valence-corrected chi connectivity index (χ3v) is 3.35. The van der Waals surface area contributed by atoms with E-state index in [1.54, 1.807) is 12.1 Å². The van der Waals surface area contributed by atoms with Crippen molar-refractivity contribution in [2.24, 2.45) is 0 Å². The van der Waals surface area contributed by atoms with Crippen molar-refractivity contribution in [3.05, 3.63) is 52.7 Å². The van der Waals surface area contributed by atoms with Gasteiger partial charge in [0, 0.05) is 11.9 Å². The zero-order valence-corrected chi connectivity index (χ0v) is 13.0. The zero-order chi connectivity index (χ0) is 15.4. The van der Waals surface area contributed by atoms with Crippen LogP contribution in [0.3, 0.4) is 0 Å². The van der Waals surface area contributed by atoms with Crippen molar-refractivity contribution in [3.63, 3.8) is 0 Å². The molecule has 2 aromatic rings. The molecule has 0 saturated carbocycles. The lowest BCUT2D eigenvalue weighted by atomic mass is 10.1.